The van der Waals surface area contributed by atoms with Gasteiger partial charge in [0.05, 0.1) is 92.3 Å². The number of benzene rings is 1. The summed E-state index contributed by atoms with van der Waals surface area (Å²) in [5.41, 5.74) is -1.51. The lowest BCUT2D eigenvalue weighted by molar-refractivity contribution is -0.160. The van der Waals surface area contributed by atoms with Crippen LogP contribution in [-0.4, -0.2) is 243 Å². The Morgan fingerprint density at radius 3 is 1.21 bits per heavy atom. The van der Waals surface area contributed by atoms with E-state index in [1.165, 1.54) is 0 Å². The molecule has 0 aliphatic carbocycles. The van der Waals surface area contributed by atoms with E-state index in [2.05, 4.69) is 5.32 Å². The van der Waals surface area contributed by atoms with Crippen molar-refractivity contribution in [2.45, 2.75) is 91.8 Å². The molecule has 0 saturated carbocycles. The molecule has 1 aromatic carbocycles. The highest BCUT2D eigenvalue weighted by Gasteiger charge is 2.36. The third-order valence-corrected chi connectivity index (χ3v) is 10.1. The van der Waals surface area contributed by atoms with Crippen LogP contribution in [0.15, 0.2) is 30.3 Å². The lowest BCUT2D eigenvalue weighted by Gasteiger charge is -2.36. The quantitative estimate of drug-likeness (QED) is 0.0483. The van der Waals surface area contributed by atoms with Crippen molar-refractivity contribution in [3.63, 3.8) is 0 Å². The van der Waals surface area contributed by atoms with E-state index in [0.29, 0.717) is 65.9 Å². The topological polar surface area (TPSA) is 229 Å². The molecule has 1 saturated heterocycles. The second-order valence-corrected chi connectivity index (χ2v) is 20.1. The molecule has 73 heavy (non-hydrogen) atoms. The number of nitrogens with zero attached hydrogens (tertiary/aromatic N) is 4. The molecule has 22 heteroatoms. The first-order valence-corrected chi connectivity index (χ1v) is 25.1. The summed E-state index contributed by atoms with van der Waals surface area (Å²) in [6.45, 7) is 20.3. The van der Waals surface area contributed by atoms with E-state index in [0.717, 1.165) is 5.56 Å². The van der Waals surface area contributed by atoms with Gasteiger partial charge < -0.3 is 57.4 Å². The largest absolute Gasteiger partial charge is 0.462 e. The highest BCUT2D eigenvalue weighted by molar-refractivity contribution is 6.02. The normalized spacial score (nSPS) is 15.6. The molecule has 0 bridgehead atoms. The van der Waals surface area contributed by atoms with E-state index in [9.17, 15) is 28.8 Å². The number of hydrogen-bond acceptors (Lipinski definition) is 21. The minimum Gasteiger partial charge on any atom is -0.462 e. The van der Waals surface area contributed by atoms with E-state index < -0.39 is 65.1 Å². The Kier molecular flexibility index (Phi) is 31.7. The van der Waals surface area contributed by atoms with Gasteiger partial charge in [-0.2, -0.15) is 0 Å². The van der Waals surface area contributed by atoms with Gasteiger partial charge in [-0.1, -0.05) is 30.3 Å². The molecule has 1 aliphatic rings. The molecule has 1 fully saturated rings. The van der Waals surface area contributed by atoms with E-state index in [4.69, 9.17) is 52.1 Å². The first kappa shape index (κ1) is 64.8. The SMILES string of the molecule is COCCOCCOCCOCCOCCOCCOC(=O)C(C(=O)NCC(=O)OCc1ccccc1)N1CCN(CC(=O)OC(C)(C)C)CCN(CC(=O)OC(C)(C)C)CCN(CC(=O)OC(C)(C)C)CC1. The monoisotopic (exact) mass is 1040 g/mol. The zero-order valence-corrected chi connectivity index (χ0v) is 45.4. The van der Waals surface area contributed by atoms with Gasteiger partial charge in [-0.05, 0) is 67.9 Å². The molecular weight excluding hydrogens is 955 g/mol. The predicted molar refractivity (Wildman–Crippen MR) is 268 cm³/mol. The first-order valence-electron chi connectivity index (χ1n) is 25.1. The average Bonchev–Trinajstić information content (AvgIpc) is 3.29. The molecule has 1 amide bonds. The van der Waals surface area contributed by atoms with Gasteiger partial charge in [-0.15, -0.1) is 0 Å². The third-order valence-electron chi connectivity index (χ3n) is 10.1. The van der Waals surface area contributed by atoms with Gasteiger partial charge in [0.1, 0.15) is 36.6 Å². The van der Waals surface area contributed by atoms with Crippen LogP contribution in [0.4, 0.5) is 0 Å². The van der Waals surface area contributed by atoms with Crippen LogP contribution in [0, 0.1) is 0 Å². The van der Waals surface area contributed by atoms with Crippen LogP contribution in [0.3, 0.4) is 0 Å². The molecule has 418 valence electrons. The minimum absolute atomic E-state index is 0.00853. The van der Waals surface area contributed by atoms with E-state index in [1.54, 1.807) is 86.5 Å². The lowest BCUT2D eigenvalue weighted by Crippen LogP contribution is -2.57. The Morgan fingerprint density at radius 2 is 0.836 bits per heavy atom. The number of esters is 5. The van der Waals surface area contributed by atoms with Crippen LogP contribution in [0.25, 0.3) is 0 Å². The number of amides is 1. The van der Waals surface area contributed by atoms with Crippen LogP contribution in [0.2, 0.25) is 0 Å². The molecule has 1 aromatic rings. The number of carbonyl (C=O) groups excluding carboxylic acids is 6. The van der Waals surface area contributed by atoms with Crippen molar-refractivity contribution in [1.29, 1.82) is 0 Å². The van der Waals surface area contributed by atoms with E-state index in [-0.39, 0.29) is 91.9 Å². The number of methoxy groups -OCH3 is 1. The number of nitrogens with one attached hydrogen (secondary N) is 1. The summed E-state index contributed by atoms with van der Waals surface area (Å²) in [7, 11) is 1.61. The van der Waals surface area contributed by atoms with Gasteiger partial charge in [-0.25, -0.2) is 4.79 Å². The Bertz CT molecular complexity index is 1690. The highest BCUT2D eigenvalue weighted by atomic mass is 16.6. The first-order chi connectivity index (χ1) is 34.5. The fourth-order valence-electron chi connectivity index (χ4n) is 6.83. The van der Waals surface area contributed by atoms with Gasteiger partial charge in [0.15, 0.2) is 6.04 Å². The second kappa shape index (κ2) is 35.8. The molecule has 1 N–H and O–H groups in total. The summed E-state index contributed by atoms with van der Waals surface area (Å²) in [4.78, 5) is 88.2. The zero-order chi connectivity index (χ0) is 54.1. The maximum absolute atomic E-state index is 14.2. The van der Waals surface area contributed by atoms with Crippen LogP contribution in [-0.2, 0) is 87.5 Å². The van der Waals surface area contributed by atoms with Crippen molar-refractivity contribution in [1.82, 2.24) is 24.9 Å². The Balaban J connectivity index is 2.27. The molecule has 1 aliphatic heterocycles. The number of carbonyl (C=O) groups is 6. The molecule has 0 aromatic heterocycles. The Morgan fingerprint density at radius 1 is 0.479 bits per heavy atom. The van der Waals surface area contributed by atoms with Crippen LogP contribution in [0.5, 0.6) is 0 Å². The molecule has 0 spiro atoms. The van der Waals surface area contributed by atoms with Gasteiger partial charge >= 0.3 is 29.8 Å². The van der Waals surface area contributed by atoms with Gasteiger partial charge in [0.2, 0.25) is 5.91 Å². The van der Waals surface area contributed by atoms with Crippen molar-refractivity contribution < 1.29 is 80.9 Å². The summed E-state index contributed by atoms with van der Waals surface area (Å²) in [6, 6.07) is 7.44. The fraction of sp³-hybridized carbons (Fsp3) is 0.765. The molecule has 2 rings (SSSR count). The standard InChI is InChI=1S/C51H87N5O17/c1-49(2,3)71-43(58)37-53-16-18-54(38-44(59)72-50(4,5)6)20-22-56(23-21-55(19-17-53)39-45(60)73-51(7,8)9)46(47(61)52-36-42(57)70-40-41-14-12-11-13-15-41)48(62)69-35-34-68-33-32-67-31-30-66-29-28-65-27-26-64-25-24-63-10/h11-15,46H,16-40H2,1-10H3,(H,52,61). The molecular formula is C51H87N5O17. The van der Waals surface area contributed by atoms with Crippen molar-refractivity contribution in [3.8, 4) is 0 Å². The van der Waals surface area contributed by atoms with Crippen molar-refractivity contribution in [2.24, 2.45) is 0 Å². The fourth-order valence-corrected chi connectivity index (χ4v) is 6.83. The van der Waals surface area contributed by atoms with E-state index in [1.807, 2.05) is 32.9 Å². The molecule has 1 heterocycles. The van der Waals surface area contributed by atoms with Gasteiger partial charge in [-0.3, -0.25) is 43.6 Å². The van der Waals surface area contributed by atoms with Crippen molar-refractivity contribution in [2.75, 3.05) is 165 Å². The van der Waals surface area contributed by atoms with Gasteiger partial charge in [0, 0.05) is 59.5 Å². The van der Waals surface area contributed by atoms with Crippen LogP contribution < -0.4 is 5.32 Å². The molecule has 1 unspecified atom stereocenters. The Hall–Kier alpha value is -4.36. The van der Waals surface area contributed by atoms with Crippen LogP contribution in [0.1, 0.15) is 67.9 Å². The third kappa shape index (κ3) is 34.0. The van der Waals surface area contributed by atoms with Crippen molar-refractivity contribution in [3.05, 3.63) is 35.9 Å². The average molecular weight is 1040 g/mol. The molecule has 0 radical (unpaired) electrons. The smallest absolute Gasteiger partial charge is 0.333 e. The predicted octanol–water partition coefficient (Wildman–Crippen LogP) is 1.73. The van der Waals surface area contributed by atoms with Crippen LogP contribution >= 0.6 is 0 Å². The summed E-state index contributed by atoms with van der Waals surface area (Å²) in [6.07, 6.45) is 0. The summed E-state index contributed by atoms with van der Waals surface area (Å²) < 4.78 is 60.5. The lowest BCUT2D eigenvalue weighted by atomic mass is 10.2. The Labute approximate surface area is 433 Å². The number of ether oxygens (including phenoxy) is 11. The highest BCUT2D eigenvalue weighted by Crippen LogP contribution is 2.13. The van der Waals surface area contributed by atoms with E-state index >= 15 is 0 Å². The maximum atomic E-state index is 14.2. The number of rotatable bonds is 31. The summed E-state index contributed by atoms with van der Waals surface area (Å²) >= 11 is 0. The molecule has 22 nitrogen and oxygen atoms in total. The second-order valence-electron chi connectivity index (χ2n) is 20.1. The van der Waals surface area contributed by atoms with Crippen molar-refractivity contribution >= 4 is 35.8 Å². The minimum atomic E-state index is -1.59. The summed E-state index contributed by atoms with van der Waals surface area (Å²) in [5.74, 6) is -3.89. The number of hydrogen-bond donors (Lipinski definition) is 1. The molecule has 1 atom stereocenters. The zero-order valence-electron chi connectivity index (χ0n) is 45.4. The van der Waals surface area contributed by atoms with Gasteiger partial charge in [0.25, 0.3) is 0 Å². The maximum Gasteiger partial charge on any atom is 0.333 e. The summed E-state index contributed by atoms with van der Waals surface area (Å²) in [5, 5.41) is 2.57.